The number of H-pyrrole nitrogens is 1. The lowest BCUT2D eigenvalue weighted by atomic mass is 10.1. The highest BCUT2D eigenvalue weighted by Crippen LogP contribution is 2.24. The number of non-ortho nitro benzene ring substituents is 1. The number of carbonyl (C=O) groups is 2. The van der Waals surface area contributed by atoms with Gasteiger partial charge in [-0.2, -0.15) is 0 Å². The molecule has 2 aliphatic rings. The molecule has 0 spiro atoms. The van der Waals surface area contributed by atoms with Crippen LogP contribution in [0.5, 0.6) is 0 Å². The molecule has 1 atom stereocenters. The molecule has 2 saturated heterocycles. The number of nitrogens with one attached hydrogen (secondary N) is 1. The summed E-state index contributed by atoms with van der Waals surface area (Å²) in [5.41, 5.74) is 1.31. The van der Waals surface area contributed by atoms with E-state index in [4.69, 9.17) is 0 Å². The Morgan fingerprint density at radius 3 is 2.77 bits per heavy atom. The maximum Gasteiger partial charge on any atom is 0.271 e. The van der Waals surface area contributed by atoms with E-state index in [2.05, 4.69) is 14.9 Å². The minimum atomic E-state index is -0.426. The van der Waals surface area contributed by atoms with Crippen molar-refractivity contribution in [2.45, 2.75) is 38.6 Å². The number of aromatic amines is 1. The lowest BCUT2D eigenvalue weighted by Gasteiger charge is -2.31. The van der Waals surface area contributed by atoms with Gasteiger partial charge in [0.2, 0.25) is 17.8 Å². The van der Waals surface area contributed by atoms with Gasteiger partial charge in [0, 0.05) is 51.3 Å². The number of nitro groups is 1. The topological polar surface area (TPSA) is 116 Å². The standard InChI is InChI=1S/C20H26N6O4/c1-2-17(25-10-3-5-18(25)27)19(28)23-8-4-9-24(12-11-23)20-21-15-7-6-14(26(29)30)13-16(15)22-20/h6-7,13,17H,2-5,8-12H2,1H3,(H,21,22)/t17-/m0/s1. The third-order valence-electron chi connectivity index (χ3n) is 5.93. The fourth-order valence-corrected chi connectivity index (χ4v) is 4.33. The summed E-state index contributed by atoms with van der Waals surface area (Å²) in [7, 11) is 0. The molecule has 0 bridgehead atoms. The molecular weight excluding hydrogens is 388 g/mol. The van der Waals surface area contributed by atoms with Crippen LogP contribution in [0, 0.1) is 10.1 Å². The highest BCUT2D eigenvalue weighted by molar-refractivity contribution is 5.88. The highest BCUT2D eigenvalue weighted by Gasteiger charge is 2.34. The number of carbonyl (C=O) groups excluding carboxylic acids is 2. The average Bonchev–Trinajstić information content (AvgIpc) is 3.26. The lowest BCUT2D eigenvalue weighted by Crippen LogP contribution is -2.49. The number of aromatic nitrogens is 2. The fourth-order valence-electron chi connectivity index (χ4n) is 4.33. The van der Waals surface area contributed by atoms with Crippen molar-refractivity contribution in [2.24, 2.45) is 0 Å². The molecule has 0 aliphatic carbocycles. The Morgan fingerprint density at radius 2 is 2.07 bits per heavy atom. The largest absolute Gasteiger partial charge is 0.341 e. The van der Waals surface area contributed by atoms with E-state index in [-0.39, 0.29) is 23.5 Å². The molecule has 10 nitrogen and oxygen atoms in total. The molecule has 2 aromatic rings. The molecule has 1 aromatic heterocycles. The Kier molecular flexibility index (Phi) is 5.56. The maximum absolute atomic E-state index is 13.1. The smallest absolute Gasteiger partial charge is 0.271 e. The summed E-state index contributed by atoms with van der Waals surface area (Å²) < 4.78 is 0. The third-order valence-corrected chi connectivity index (χ3v) is 5.93. The molecule has 30 heavy (non-hydrogen) atoms. The number of benzene rings is 1. The van der Waals surface area contributed by atoms with Crippen molar-refractivity contribution in [3.63, 3.8) is 0 Å². The van der Waals surface area contributed by atoms with Crippen LogP contribution in [-0.4, -0.2) is 75.3 Å². The van der Waals surface area contributed by atoms with Crippen molar-refractivity contribution >= 4 is 34.5 Å². The molecule has 1 aromatic carbocycles. The summed E-state index contributed by atoms with van der Waals surface area (Å²) in [5.74, 6) is 0.749. The van der Waals surface area contributed by atoms with Crippen molar-refractivity contribution in [1.29, 1.82) is 0 Å². The van der Waals surface area contributed by atoms with Gasteiger partial charge in [-0.15, -0.1) is 0 Å². The van der Waals surface area contributed by atoms with E-state index >= 15 is 0 Å². The van der Waals surface area contributed by atoms with Crippen LogP contribution in [0.15, 0.2) is 18.2 Å². The van der Waals surface area contributed by atoms with Crippen LogP contribution in [0.4, 0.5) is 11.6 Å². The van der Waals surface area contributed by atoms with Crippen LogP contribution in [0.1, 0.15) is 32.6 Å². The Hall–Kier alpha value is -3.17. The van der Waals surface area contributed by atoms with E-state index in [0.717, 1.165) is 19.4 Å². The minimum Gasteiger partial charge on any atom is -0.341 e. The van der Waals surface area contributed by atoms with E-state index in [1.807, 2.05) is 11.8 Å². The van der Waals surface area contributed by atoms with Crippen LogP contribution in [0.3, 0.4) is 0 Å². The number of amides is 2. The summed E-state index contributed by atoms with van der Waals surface area (Å²) >= 11 is 0. The van der Waals surface area contributed by atoms with Gasteiger partial charge in [-0.05, 0) is 25.3 Å². The summed E-state index contributed by atoms with van der Waals surface area (Å²) in [6.07, 6.45) is 2.75. The first-order valence-corrected chi connectivity index (χ1v) is 10.4. The first kappa shape index (κ1) is 20.1. The maximum atomic E-state index is 13.1. The van der Waals surface area contributed by atoms with E-state index in [9.17, 15) is 19.7 Å². The van der Waals surface area contributed by atoms with Crippen LogP contribution >= 0.6 is 0 Å². The fraction of sp³-hybridized carbons (Fsp3) is 0.550. The Labute approximate surface area is 174 Å². The zero-order valence-corrected chi connectivity index (χ0v) is 17.0. The quantitative estimate of drug-likeness (QED) is 0.590. The van der Waals surface area contributed by atoms with Gasteiger partial charge in [-0.3, -0.25) is 19.7 Å². The Morgan fingerprint density at radius 1 is 1.23 bits per heavy atom. The van der Waals surface area contributed by atoms with Gasteiger partial charge in [0.25, 0.3) is 5.69 Å². The van der Waals surface area contributed by atoms with Crippen molar-refractivity contribution in [2.75, 3.05) is 37.6 Å². The zero-order chi connectivity index (χ0) is 21.3. The zero-order valence-electron chi connectivity index (χ0n) is 17.0. The molecule has 2 fully saturated rings. The first-order valence-electron chi connectivity index (χ1n) is 10.4. The van der Waals surface area contributed by atoms with Gasteiger partial charge in [-0.25, -0.2) is 4.98 Å². The van der Waals surface area contributed by atoms with Crippen LogP contribution in [-0.2, 0) is 9.59 Å². The summed E-state index contributed by atoms with van der Waals surface area (Å²) in [6, 6.07) is 4.19. The molecule has 3 heterocycles. The van der Waals surface area contributed by atoms with Gasteiger partial charge in [-0.1, -0.05) is 6.92 Å². The summed E-state index contributed by atoms with van der Waals surface area (Å²) in [4.78, 5) is 49.2. The van der Waals surface area contributed by atoms with Crippen molar-refractivity contribution < 1.29 is 14.5 Å². The normalized spacial score (nSPS) is 18.7. The molecule has 4 rings (SSSR count). The molecular formula is C20H26N6O4. The SMILES string of the molecule is CC[C@@H](C(=O)N1CCCN(c2nc3ccc([N+](=O)[O-])cc3[nH]2)CC1)N1CCCC1=O. The molecule has 0 unspecified atom stereocenters. The number of nitrogens with zero attached hydrogens (tertiary/aromatic N) is 5. The predicted octanol–water partition coefficient (Wildman–Crippen LogP) is 1.91. The molecule has 2 amide bonds. The van der Waals surface area contributed by atoms with E-state index < -0.39 is 4.92 Å². The van der Waals surface area contributed by atoms with Crippen LogP contribution in [0.25, 0.3) is 11.0 Å². The molecule has 10 heteroatoms. The lowest BCUT2D eigenvalue weighted by molar-refractivity contribution is -0.384. The monoisotopic (exact) mass is 414 g/mol. The number of rotatable bonds is 5. The van der Waals surface area contributed by atoms with E-state index in [1.165, 1.54) is 12.1 Å². The Balaban J connectivity index is 1.46. The van der Waals surface area contributed by atoms with Crippen molar-refractivity contribution in [1.82, 2.24) is 19.8 Å². The molecule has 160 valence electrons. The summed E-state index contributed by atoms with van der Waals surface area (Å²) in [5, 5.41) is 11.0. The summed E-state index contributed by atoms with van der Waals surface area (Å²) in [6.45, 7) is 5.14. The second kappa shape index (κ2) is 8.29. The number of hydrogen-bond donors (Lipinski definition) is 1. The van der Waals surface area contributed by atoms with Gasteiger partial charge >= 0.3 is 0 Å². The van der Waals surface area contributed by atoms with E-state index in [1.54, 1.807) is 11.0 Å². The van der Waals surface area contributed by atoms with Gasteiger partial charge in [0.1, 0.15) is 6.04 Å². The number of hydrogen-bond acceptors (Lipinski definition) is 6. The average molecular weight is 414 g/mol. The third kappa shape index (κ3) is 3.81. The Bertz CT molecular complexity index is 973. The van der Waals surface area contributed by atoms with Gasteiger partial charge in [0.15, 0.2) is 0 Å². The van der Waals surface area contributed by atoms with Gasteiger partial charge < -0.3 is 19.7 Å². The highest BCUT2D eigenvalue weighted by atomic mass is 16.6. The van der Waals surface area contributed by atoms with Crippen molar-refractivity contribution in [3.8, 4) is 0 Å². The minimum absolute atomic E-state index is 0.0207. The number of likely N-dealkylation sites (tertiary alicyclic amines) is 1. The number of imidazole rings is 1. The second-order valence-electron chi connectivity index (χ2n) is 7.80. The number of nitro benzene ring substituents is 1. The predicted molar refractivity (Wildman–Crippen MR) is 111 cm³/mol. The molecule has 0 saturated carbocycles. The number of fused-ring (bicyclic) bond motifs is 1. The van der Waals surface area contributed by atoms with Crippen molar-refractivity contribution in [3.05, 3.63) is 28.3 Å². The molecule has 0 radical (unpaired) electrons. The number of anilines is 1. The van der Waals surface area contributed by atoms with Crippen LogP contribution < -0.4 is 4.90 Å². The molecule has 1 N–H and O–H groups in total. The van der Waals surface area contributed by atoms with Crippen LogP contribution in [0.2, 0.25) is 0 Å². The van der Waals surface area contributed by atoms with E-state index in [0.29, 0.717) is 56.0 Å². The molecule has 2 aliphatic heterocycles. The van der Waals surface area contributed by atoms with Gasteiger partial charge in [0.05, 0.1) is 16.0 Å². The second-order valence-corrected chi connectivity index (χ2v) is 7.80. The first-order chi connectivity index (χ1) is 14.5.